The normalized spacial score (nSPS) is 10.3. The number of hydrogen-bond donors (Lipinski definition) is 1. The molecular formula is C13H14N2O2S2. The van der Waals surface area contributed by atoms with Crippen LogP contribution in [0.1, 0.15) is 10.5 Å². The monoisotopic (exact) mass is 294 g/mol. The molecule has 0 aliphatic rings. The van der Waals surface area contributed by atoms with Gasteiger partial charge in [0.2, 0.25) is 0 Å². The van der Waals surface area contributed by atoms with Crippen molar-refractivity contribution in [2.75, 3.05) is 26.1 Å². The summed E-state index contributed by atoms with van der Waals surface area (Å²) in [5.74, 6) is -0.404. The summed E-state index contributed by atoms with van der Waals surface area (Å²) in [7, 11) is 5.32. The molecule has 1 N–H and O–H groups in total. The van der Waals surface area contributed by atoms with Crippen molar-refractivity contribution in [2.24, 2.45) is 0 Å². The number of rotatable bonds is 3. The molecule has 0 aliphatic heterocycles. The lowest BCUT2D eigenvalue weighted by atomic mass is 10.1. The highest BCUT2D eigenvalue weighted by atomic mass is 32.1. The van der Waals surface area contributed by atoms with Crippen molar-refractivity contribution in [1.82, 2.24) is 4.98 Å². The van der Waals surface area contributed by atoms with Gasteiger partial charge in [0.1, 0.15) is 5.69 Å². The molecule has 0 atom stereocenters. The van der Waals surface area contributed by atoms with E-state index in [0.29, 0.717) is 9.65 Å². The molecule has 1 aromatic carbocycles. The van der Waals surface area contributed by atoms with Gasteiger partial charge in [0, 0.05) is 19.8 Å². The lowest BCUT2D eigenvalue weighted by molar-refractivity contribution is 0.0595. The molecule has 0 saturated carbocycles. The Balaban J connectivity index is 2.47. The average molecular weight is 294 g/mol. The van der Waals surface area contributed by atoms with Crippen molar-refractivity contribution in [2.45, 2.75) is 0 Å². The number of aromatic amines is 1. The minimum Gasteiger partial charge on any atom is -0.464 e. The first kappa shape index (κ1) is 13.8. The van der Waals surface area contributed by atoms with Gasteiger partial charge in [0.15, 0.2) is 3.95 Å². The third-order valence-corrected chi connectivity index (χ3v) is 3.97. The maximum absolute atomic E-state index is 11.7. The predicted molar refractivity (Wildman–Crippen MR) is 80.6 cm³/mol. The lowest BCUT2D eigenvalue weighted by Gasteiger charge is -2.12. The molecule has 0 aliphatic carbocycles. The van der Waals surface area contributed by atoms with E-state index >= 15 is 0 Å². The summed E-state index contributed by atoms with van der Waals surface area (Å²) in [6, 6.07) is 7.94. The Labute approximate surface area is 120 Å². The van der Waals surface area contributed by atoms with Crippen molar-refractivity contribution in [1.29, 1.82) is 0 Å². The van der Waals surface area contributed by atoms with Gasteiger partial charge >= 0.3 is 5.97 Å². The van der Waals surface area contributed by atoms with Gasteiger partial charge in [0.05, 0.1) is 12.0 Å². The summed E-state index contributed by atoms with van der Waals surface area (Å²) in [4.78, 5) is 17.4. The largest absolute Gasteiger partial charge is 0.464 e. The van der Waals surface area contributed by atoms with Crippen LogP contribution >= 0.6 is 23.6 Å². The molecule has 4 nitrogen and oxygen atoms in total. The summed E-state index contributed by atoms with van der Waals surface area (Å²) in [5.41, 5.74) is 2.46. The van der Waals surface area contributed by atoms with Gasteiger partial charge in [-0.3, -0.25) is 0 Å². The van der Waals surface area contributed by atoms with Gasteiger partial charge in [-0.05, 0) is 29.9 Å². The molecule has 0 bridgehead atoms. The fourth-order valence-electron chi connectivity index (χ4n) is 1.69. The second-order valence-corrected chi connectivity index (χ2v) is 5.84. The number of nitrogens with one attached hydrogen (secondary N) is 1. The number of H-pyrrole nitrogens is 1. The van der Waals surface area contributed by atoms with E-state index in [1.807, 2.05) is 43.3 Å². The number of aromatic nitrogens is 1. The lowest BCUT2D eigenvalue weighted by Crippen LogP contribution is -2.08. The molecule has 0 radical (unpaired) electrons. The van der Waals surface area contributed by atoms with Crippen LogP contribution in [0.4, 0.5) is 5.69 Å². The Bertz CT molecular complexity index is 641. The molecule has 0 fully saturated rings. The molecule has 2 rings (SSSR count). The van der Waals surface area contributed by atoms with Crippen molar-refractivity contribution in [3.05, 3.63) is 33.9 Å². The molecule has 0 spiro atoms. The number of methoxy groups -OCH3 is 1. The number of nitrogens with zero attached hydrogens (tertiary/aromatic N) is 1. The van der Waals surface area contributed by atoms with Crippen LogP contribution in [0.3, 0.4) is 0 Å². The molecule has 100 valence electrons. The van der Waals surface area contributed by atoms with E-state index in [1.54, 1.807) is 0 Å². The highest BCUT2D eigenvalue weighted by molar-refractivity contribution is 7.73. The van der Waals surface area contributed by atoms with Gasteiger partial charge in [-0.2, -0.15) is 0 Å². The number of thiazole rings is 1. The smallest absolute Gasteiger partial charge is 0.356 e. The Kier molecular flexibility index (Phi) is 4.01. The Morgan fingerprint density at radius 2 is 1.95 bits per heavy atom. The quantitative estimate of drug-likeness (QED) is 0.696. The van der Waals surface area contributed by atoms with Crippen LogP contribution in [0.15, 0.2) is 24.3 Å². The summed E-state index contributed by atoms with van der Waals surface area (Å²) < 4.78 is 5.32. The molecule has 1 aromatic heterocycles. The summed E-state index contributed by atoms with van der Waals surface area (Å²) >= 11 is 6.47. The van der Waals surface area contributed by atoms with E-state index in [2.05, 4.69) is 4.98 Å². The van der Waals surface area contributed by atoms with Crippen molar-refractivity contribution in [3.63, 3.8) is 0 Å². The molecule has 1 heterocycles. The first-order chi connectivity index (χ1) is 9.02. The molecule has 0 amide bonds. The molecule has 6 heteroatoms. The minimum atomic E-state index is -0.404. The highest BCUT2D eigenvalue weighted by Gasteiger charge is 2.16. The SMILES string of the molecule is COC(=O)c1[nH]c(=S)sc1-c1ccc(N(C)C)cc1. The third-order valence-electron chi connectivity index (χ3n) is 2.68. The van der Waals surface area contributed by atoms with E-state index in [0.717, 1.165) is 16.1 Å². The first-order valence-electron chi connectivity index (χ1n) is 5.62. The minimum absolute atomic E-state index is 0.404. The molecular weight excluding hydrogens is 280 g/mol. The number of ether oxygens (including phenoxy) is 1. The van der Waals surface area contributed by atoms with Crippen LogP contribution in [0.2, 0.25) is 0 Å². The van der Waals surface area contributed by atoms with E-state index in [4.69, 9.17) is 17.0 Å². The molecule has 19 heavy (non-hydrogen) atoms. The van der Waals surface area contributed by atoms with Gasteiger partial charge < -0.3 is 14.6 Å². The van der Waals surface area contributed by atoms with E-state index in [1.165, 1.54) is 18.4 Å². The van der Waals surface area contributed by atoms with Gasteiger partial charge in [-0.25, -0.2) is 4.79 Å². The Morgan fingerprint density at radius 3 is 2.47 bits per heavy atom. The van der Waals surface area contributed by atoms with Crippen LogP contribution in [0.25, 0.3) is 10.4 Å². The highest BCUT2D eigenvalue weighted by Crippen LogP contribution is 2.30. The van der Waals surface area contributed by atoms with Crippen LogP contribution < -0.4 is 4.90 Å². The van der Waals surface area contributed by atoms with Crippen LogP contribution in [0.5, 0.6) is 0 Å². The standard InChI is InChI=1S/C13H14N2O2S2/c1-15(2)9-6-4-8(5-7-9)11-10(12(16)17-3)14-13(18)19-11/h4-7H,1-3H3,(H,14,18). The summed E-state index contributed by atoms with van der Waals surface area (Å²) in [6.07, 6.45) is 0. The topological polar surface area (TPSA) is 45.3 Å². The maximum atomic E-state index is 11.7. The van der Waals surface area contributed by atoms with Crippen LogP contribution in [-0.4, -0.2) is 32.2 Å². The number of carbonyl (C=O) groups is 1. The van der Waals surface area contributed by atoms with Crippen molar-refractivity contribution < 1.29 is 9.53 Å². The summed E-state index contributed by atoms with van der Waals surface area (Å²) in [5, 5.41) is 0. The number of carbonyl (C=O) groups excluding carboxylic acids is 1. The predicted octanol–water partition coefficient (Wildman–Crippen LogP) is 3.33. The first-order valence-corrected chi connectivity index (χ1v) is 6.84. The molecule has 0 saturated heterocycles. The van der Waals surface area contributed by atoms with Crippen molar-refractivity contribution >= 4 is 35.2 Å². The van der Waals surface area contributed by atoms with Crippen molar-refractivity contribution in [3.8, 4) is 10.4 Å². The third kappa shape index (κ3) is 2.85. The number of esters is 1. The second kappa shape index (κ2) is 5.54. The Hall–Kier alpha value is -1.66. The fraction of sp³-hybridized carbons (Fsp3) is 0.231. The second-order valence-electron chi connectivity index (χ2n) is 4.15. The average Bonchev–Trinajstić information content (AvgIpc) is 2.80. The Morgan fingerprint density at radius 1 is 1.32 bits per heavy atom. The molecule has 0 unspecified atom stereocenters. The molecule has 2 aromatic rings. The zero-order valence-corrected chi connectivity index (χ0v) is 12.5. The number of hydrogen-bond acceptors (Lipinski definition) is 5. The maximum Gasteiger partial charge on any atom is 0.356 e. The van der Waals surface area contributed by atoms with E-state index < -0.39 is 5.97 Å². The van der Waals surface area contributed by atoms with E-state index in [9.17, 15) is 4.79 Å². The van der Waals surface area contributed by atoms with Gasteiger partial charge in [-0.15, -0.1) is 11.3 Å². The summed E-state index contributed by atoms with van der Waals surface area (Å²) in [6.45, 7) is 0. The van der Waals surface area contributed by atoms with Crippen LogP contribution in [0, 0.1) is 3.95 Å². The van der Waals surface area contributed by atoms with E-state index in [-0.39, 0.29) is 0 Å². The van der Waals surface area contributed by atoms with Crippen LogP contribution in [-0.2, 0) is 4.74 Å². The zero-order chi connectivity index (χ0) is 14.0. The van der Waals surface area contributed by atoms with Gasteiger partial charge in [0.25, 0.3) is 0 Å². The zero-order valence-electron chi connectivity index (χ0n) is 10.9. The number of anilines is 1. The number of benzene rings is 1. The van der Waals surface area contributed by atoms with Gasteiger partial charge in [-0.1, -0.05) is 12.1 Å². The fourth-order valence-corrected chi connectivity index (χ4v) is 2.87.